The second-order valence-corrected chi connectivity index (χ2v) is 5.13. The van der Waals surface area contributed by atoms with Crippen LogP contribution in [0.5, 0.6) is 0 Å². The zero-order valence-corrected chi connectivity index (χ0v) is 11.3. The van der Waals surface area contributed by atoms with Gasteiger partial charge in [0.25, 0.3) is 5.91 Å². The Bertz CT molecular complexity index is 702. The molecule has 3 rings (SSSR count). The van der Waals surface area contributed by atoms with Crippen LogP contribution >= 0.6 is 11.6 Å². The number of halogens is 2. The van der Waals surface area contributed by atoms with Gasteiger partial charge >= 0.3 is 0 Å². The SMILES string of the molecule is Nc1ccc2c(c1)N(C(=O)c1ccc(F)c(Cl)c1)CC2. The normalized spacial score (nSPS) is 13.4. The van der Waals surface area contributed by atoms with Gasteiger partial charge in [-0.3, -0.25) is 4.79 Å². The summed E-state index contributed by atoms with van der Waals surface area (Å²) in [5, 5.41) is -0.0529. The van der Waals surface area contributed by atoms with E-state index in [1.54, 1.807) is 11.0 Å². The van der Waals surface area contributed by atoms with Crippen LogP contribution in [0, 0.1) is 5.82 Å². The van der Waals surface area contributed by atoms with Crippen molar-refractivity contribution < 1.29 is 9.18 Å². The molecule has 5 heteroatoms. The molecule has 0 atom stereocenters. The third-order valence-corrected chi connectivity index (χ3v) is 3.71. The highest BCUT2D eigenvalue weighted by Gasteiger charge is 2.26. The van der Waals surface area contributed by atoms with Crippen molar-refractivity contribution in [3.63, 3.8) is 0 Å². The molecule has 0 fully saturated rings. The van der Waals surface area contributed by atoms with E-state index in [1.807, 2.05) is 12.1 Å². The van der Waals surface area contributed by atoms with Gasteiger partial charge in [-0.2, -0.15) is 0 Å². The van der Waals surface area contributed by atoms with Crippen LogP contribution in [0.25, 0.3) is 0 Å². The van der Waals surface area contributed by atoms with E-state index in [9.17, 15) is 9.18 Å². The van der Waals surface area contributed by atoms with Crippen LogP contribution in [0.15, 0.2) is 36.4 Å². The molecule has 3 nitrogen and oxygen atoms in total. The van der Waals surface area contributed by atoms with E-state index < -0.39 is 5.82 Å². The Labute approximate surface area is 120 Å². The van der Waals surface area contributed by atoms with Gasteiger partial charge in [-0.05, 0) is 42.3 Å². The standard InChI is InChI=1S/C15H12ClFN2O/c16-12-7-10(2-4-13(12)17)15(20)19-6-5-9-1-3-11(18)8-14(9)19/h1-4,7-8H,5-6,18H2. The minimum Gasteiger partial charge on any atom is -0.399 e. The van der Waals surface area contributed by atoms with E-state index in [2.05, 4.69) is 0 Å². The number of rotatable bonds is 1. The molecule has 2 aromatic carbocycles. The maximum Gasteiger partial charge on any atom is 0.258 e. The topological polar surface area (TPSA) is 46.3 Å². The summed E-state index contributed by atoms with van der Waals surface area (Å²) in [7, 11) is 0. The molecule has 0 aromatic heterocycles. The second-order valence-electron chi connectivity index (χ2n) is 4.72. The van der Waals surface area contributed by atoms with Gasteiger partial charge in [0.15, 0.2) is 0 Å². The van der Waals surface area contributed by atoms with Crippen molar-refractivity contribution in [2.45, 2.75) is 6.42 Å². The minimum atomic E-state index is -0.533. The summed E-state index contributed by atoms with van der Waals surface area (Å²) in [6, 6.07) is 9.52. The Morgan fingerprint density at radius 1 is 1.25 bits per heavy atom. The van der Waals surface area contributed by atoms with Gasteiger partial charge in [0, 0.05) is 23.5 Å². The summed E-state index contributed by atoms with van der Waals surface area (Å²) in [6.45, 7) is 0.590. The molecule has 2 aromatic rings. The van der Waals surface area contributed by atoms with Crippen LogP contribution in [-0.4, -0.2) is 12.5 Å². The predicted octanol–water partition coefficient (Wildman–Crippen LogP) is 3.26. The molecule has 102 valence electrons. The number of hydrogen-bond acceptors (Lipinski definition) is 2. The largest absolute Gasteiger partial charge is 0.399 e. The third-order valence-electron chi connectivity index (χ3n) is 3.42. The number of carbonyl (C=O) groups is 1. The Morgan fingerprint density at radius 3 is 2.80 bits per heavy atom. The number of hydrogen-bond donors (Lipinski definition) is 1. The molecule has 20 heavy (non-hydrogen) atoms. The van der Waals surface area contributed by atoms with Crippen molar-refractivity contribution in [2.24, 2.45) is 0 Å². The lowest BCUT2D eigenvalue weighted by molar-refractivity contribution is 0.0989. The number of fused-ring (bicyclic) bond motifs is 1. The van der Waals surface area contributed by atoms with Crippen LogP contribution in [0.3, 0.4) is 0 Å². The first-order valence-electron chi connectivity index (χ1n) is 6.21. The predicted molar refractivity (Wildman–Crippen MR) is 77.6 cm³/mol. The van der Waals surface area contributed by atoms with Crippen LogP contribution in [0.1, 0.15) is 15.9 Å². The van der Waals surface area contributed by atoms with Crippen molar-refractivity contribution in [3.8, 4) is 0 Å². The second kappa shape index (κ2) is 4.80. The van der Waals surface area contributed by atoms with E-state index in [-0.39, 0.29) is 10.9 Å². The zero-order valence-electron chi connectivity index (χ0n) is 10.6. The van der Waals surface area contributed by atoms with Gasteiger partial charge in [0.1, 0.15) is 5.82 Å². The van der Waals surface area contributed by atoms with Crippen molar-refractivity contribution >= 4 is 28.9 Å². The zero-order chi connectivity index (χ0) is 14.3. The van der Waals surface area contributed by atoms with Crippen molar-refractivity contribution in [1.82, 2.24) is 0 Å². The Morgan fingerprint density at radius 2 is 2.05 bits per heavy atom. The monoisotopic (exact) mass is 290 g/mol. The summed E-state index contributed by atoms with van der Waals surface area (Å²) in [5.74, 6) is -0.731. The molecule has 1 aliphatic rings. The van der Waals surface area contributed by atoms with E-state index in [0.29, 0.717) is 17.8 Å². The summed E-state index contributed by atoms with van der Waals surface area (Å²) in [5.41, 5.74) is 8.65. The molecule has 0 unspecified atom stereocenters. The summed E-state index contributed by atoms with van der Waals surface area (Å²) in [4.78, 5) is 14.1. The lowest BCUT2D eigenvalue weighted by Gasteiger charge is -2.18. The van der Waals surface area contributed by atoms with Crippen LogP contribution in [-0.2, 0) is 6.42 Å². The van der Waals surface area contributed by atoms with E-state index >= 15 is 0 Å². The maximum atomic E-state index is 13.2. The third kappa shape index (κ3) is 2.12. The molecule has 0 saturated heterocycles. The number of benzene rings is 2. The Balaban J connectivity index is 1.97. The van der Waals surface area contributed by atoms with Gasteiger partial charge in [-0.1, -0.05) is 17.7 Å². The highest BCUT2D eigenvalue weighted by atomic mass is 35.5. The summed E-state index contributed by atoms with van der Waals surface area (Å²) >= 11 is 5.72. The lowest BCUT2D eigenvalue weighted by atomic mass is 10.1. The van der Waals surface area contributed by atoms with Gasteiger partial charge in [-0.25, -0.2) is 4.39 Å². The first-order chi connectivity index (χ1) is 9.56. The maximum absolute atomic E-state index is 13.2. The molecular formula is C15H12ClFN2O. The average Bonchev–Trinajstić information content (AvgIpc) is 2.84. The van der Waals surface area contributed by atoms with Gasteiger partial charge in [0.05, 0.1) is 5.02 Å². The van der Waals surface area contributed by atoms with Crippen molar-refractivity contribution in [3.05, 3.63) is 58.4 Å². The lowest BCUT2D eigenvalue weighted by Crippen LogP contribution is -2.28. The summed E-state index contributed by atoms with van der Waals surface area (Å²) in [6.07, 6.45) is 0.788. The van der Waals surface area contributed by atoms with Gasteiger partial charge in [0.2, 0.25) is 0 Å². The molecule has 0 spiro atoms. The fraction of sp³-hybridized carbons (Fsp3) is 0.133. The Hall–Kier alpha value is -2.07. The van der Waals surface area contributed by atoms with Crippen molar-refractivity contribution in [1.29, 1.82) is 0 Å². The molecule has 1 aliphatic heterocycles. The molecular weight excluding hydrogens is 279 g/mol. The molecule has 2 N–H and O–H groups in total. The molecule has 1 heterocycles. The number of carbonyl (C=O) groups excluding carboxylic acids is 1. The summed E-state index contributed by atoms with van der Waals surface area (Å²) < 4.78 is 13.2. The van der Waals surface area contributed by atoms with Gasteiger partial charge in [-0.15, -0.1) is 0 Å². The van der Waals surface area contributed by atoms with E-state index in [0.717, 1.165) is 17.7 Å². The smallest absolute Gasteiger partial charge is 0.258 e. The molecule has 0 radical (unpaired) electrons. The number of nitrogen functional groups attached to an aromatic ring is 1. The highest BCUT2D eigenvalue weighted by molar-refractivity contribution is 6.31. The first-order valence-corrected chi connectivity index (χ1v) is 6.59. The number of amides is 1. The number of nitrogens with zero attached hydrogens (tertiary/aromatic N) is 1. The molecule has 0 aliphatic carbocycles. The average molecular weight is 291 g/mol. The first kappa shape index (κ1) is 12.9. The fourth-order valence-electron chi connectivity index (χ4n) is 2.39. The molecule has 1 amide bonds. The van der Waals surface area contributed by atoms with Crippen molar-refractivity contribution in [2.75, 3.05) is 17.2 Å². The van der Waals surface area contributed by atoms with E-state index in [1.165, 1.54) is 18.2 Å². The van der Waals surface area contributed by atoms with Crippen LogP contribution < -0.4 is 10.6 Å². The molecule has 0 bridgehead atoms. The molecule has 0 saturated carbocycles. The highest BCUT2D eigenvalue weighted by Crippen LogP contribution is 2.31. The number of nitrogens with two attached hydrogens (primary N) is 1. The minimum absolute atomic E-state index is 0.0529. The number of anilines is 2. The van der Waals surface area contributed by atoms with Crippen LogP contribution in [0.2, 0.25) is 5.02 Å². The quantitative estimate of drug-likeness (QED) is 0.819. The fourth-order valence-corrected chi connectivity index (χ4v) is 2.57. The van der Waals surface area contributed by atoms with Crippen LogP contribution in [0.4, 0.5) is 15.8 Å². The Kier molecular flexibility index (Phi) is 3.10. The van der Waals surface area contributed by atoms with Gasteiger partial charge < -0.3 is 10.6 Å². The van der Waals surface area contributed by atoms with E-state index in [4.69, 9.17) is 17.3 Å².